The molecule has 0 unspecified atom stereocenters. The van der Waals surface area contributed by atoms with Crippen LogP contribution in [0.5, 0.6) is 5.75 Å². The molecule has 1 aliphatic rings. The monoisotopic (exact) mass is 336 g/mol. The molecule has 0 spiro atoms. The van der Waals surface area contributed by atoms with Crippen LogP contribution in [0.1, 0.15) is 5.69 Å². The van der Waals surface area contributed by atoms with Crippen molar-refractivity contribution in [1.29, 1.82) is 0 Å². The van der Waals surface area contributed by atoms with Crippen LogP contribution in [0.25, 0.3) is 0 Å². The maximum Gasteiger partial charge on any atom is 0.243 e. The topological polar surface area (TPSA) is 76.5 Å². The van der Waals surface area contributed by atoms with Gasteiger partial charge in [0, 0.05) is 38.9 Å². The fraction of sp³-hybridized carbons (Fsp3) is 0.400. The number of rotatable bonds is 6. The van der Waals surface area contributed by atoms with E-state index in [1.165, 1.54) is 4.31 Å². The summed E-state index contributed by atoms with van der Waals surface area (Å²) in [6, 6.07) is 8.56. The summed E-state index contributed by atoms with van der Waals surface area (Å²) in [5.74, 6) is 0.641. The molecule has 8 heteroatoms. The first kappa shape index (κ1) is 16.0. The van der Waals surface area contributed by atoms with Gasteiger partial charge >= 0.3 is 0 Å². The van der Waals surface area contributed by atoms with Gasteiger partial charge in [0.25, 0.3) is 0 Å². The SMILES string of the molecule is COc1ccc(S(=O)(=O)N2CC(NCc3ccn(C)n3)C2)cc1. The van der Waals surface area contributed by atoms with Crippen molar-refractivity contribution in [2.75, 3.05) is 20.2 Å². The summed E-state index contributed by atoms with van der Waals surface area (Å²) in [6.07, 6.45) is 1.89. The van der Waals surface area contributed by atoms with Gasteiger partial charge in [-0.3, -0.25) is 4.68 Å². The Morgan fingerprint density at radius 3 is 2.52 bits per heavy atom. The van der Waals surface area contributed by atoms with Crippen LogP contribution in [0.3, 0.4) is 0 Å². The Kier molecular flexibility index (Phi) is 4.38. The average molecular weight is 336 g/mol. The number of hydrogen-bond donors (Lipinski definition) is 1. The number of methoxy groups -OCH3 is 1. The van der Waals surface area contributed by atoms with Crippen LogP contribution in [0.15, 0.2) is 41.4 Å². The summed E-state index contributed by atoms with van der Waals surface area (Å²) in [7, 11) is 0.00248. The molecule has 0 bridgehead atoms. The van der Waals surface area contributed by atoms with Crippen molar-refractivity contribution < 1.29 is 13.2 Å². The molecule has 3 rings (SSSR count). The van der Waals surface area contributed by atoms with Crippen LogP contribution in [-0.4, -0.2) is 48.7 Å². The molecule has 1 fully saturated rings. The van der Waals surface area contributed by atoms with Crippen molar-refractivity contribution in [1.82, 2.24) is 19.4 Å². The molecule has 1 N–H and O–H groups in total. The van der Waals surface area contributed by atoms with Crippen molar-refractivity contribution in [3.8, 4) is 5.75 Å². The summed E-state index contributed by atoms with van der Waals surface area (Å²) in [5.41, 5.74) is 0.948. The van der Waals surface area contributed by atoms with Gasteiger partial charge in [-0.2, -0.15) is 9.40 Å². The molecule has 23 heavy (non-hydrogen) atoms. The minimum Gasteiger partial charge on any atom is -0.497 e. The minimum atomic E-state index is -3.42. The molecular formula is C15H20N4O3S. The van der Waals surface area contributed by atoms with Gasteiger partial charge in [0.2, 0.25) is 10.0 Å². The number of nitrogens with one attached hydrogen (secondary N) is 1. The number of aromatic nitrogens is 2. The third-order valence-corrected chi connectivity index (χ3v) is 5.73. The Bertz CT molecular complexity index is 764. The highest BCUT2D eigenvalue weighted by Gasteiger charge is 2.36. The molecule has 2 heterocycles. The quantitative estimate of drug-likeness (QED) is 0.836. The first-order valence-corrected chi connectivity index (χ1v) is 8.79. The highest BCUT2D eigenvalue weighted by atomic mass is 32.2. The van der Waals surface area contributed by atoms with E-state index in [4.69, 9.17) is 4.74 Å². The maximum atomic E-state index is 12.5. The van der Waals surface area contributed by atoms with E-state index in [0.29, 0.717) is 30.3 Å². The summed E-state index contributed by atoms with van der Waals surface area (Å²) in [5, 5.41) is 7.60. The molecule has 0 atom stereocenters. The average Bonchev–Trinajstić information content (AvgIpc) is 2.91. The van der Waals surface area contributed by atoms with Gasteiger partial charge in [-0.05, 0) is 30.3 Å². The maximum absolute atomic E-state index is 12.5. The summed E-state index contributed by atoms with van der Waals surface area (Å²) >= 11 is 0. The third-order valence-electron chi connectivity index (χ3n) is 3.89. The Morgan fingerprint density at radius 1 is 1.26 bits per heavy atom. The molecule has 0 radical (unpaired) electrons. The van der Waals surface area contributed by atoms with E-state index in [1.807, 2.05) is 19.3 Å². The lowest BCUT2D eigenvalue weighted by atomic mass is 10.2. The second kappa shape index (κ2) is 6.31. The second-order valence-corrected chi connectivity index (χ2v) is 7.49. The number of hydrogen-bond acceptors (Lipinski definition) is 5. The Balaban J connectivity index is 1.55. The second-order valence-electron chi connectivity index (χ2n) is 5.56. The molecule has 0 aliphatic carbocycles. The van der Waals surface area contributed by atoms with Gasteiger partial charge in [-0.25, -0.2) is 8.42 Å². The van der Waals surface area contributed by atoms with E-state index in [0.717, 1.165) is 5.69 Å². The molecule has 0 saturated carbocycles. The smallest absolute Gasteiger partial charge is 0.243 e. The number of nitrogens with zero attached hydrogens (tertiary/aromatic N) is 3. The van der Waals surface area contributed by atoms with Gasteiger partial charge < -0.3 is 10.1 Å². The zero-order chi connectivity index (χ0) is 16.4. The van der Waals surface area contributed by atoms with E-state index >= 15 is 0 Å². The van der Waals surface area contributed by atoms with E-state index in [2.05, 4.69) is 10.4 Å². The molecule has 2 aromatic rings. The van der Waals surface area contributed by atoms with Crippen LogP contribution in [0.2, 0.25) is 0 Å². The van der Waals surface area contributed by atoms with Crippen molar-refractivity contribution in [3.63, 3.8) is 0 Å². The molecule has 7 nitrogen and oxygen atoms in total. The van der Waals surface area contributed by atoms with Crippen molar-refractivity contribution in [2.24, 2.45) is 7.05 Å². The van der Waals surface area contributed by atoms with Gasteiger partial charge in [0.15, 0.2) is 0 Å². The van der Waals surface area contributed by atoms with Gasteiger partial charge in [0.1, 0.15) is 5.75 Å². The number of ether oxygens (including phenoxy) is 1. The van der Waals surface area contributed by atoms with Gasteiger partial charge in [-0.1, -0.05) is 0 Å². The zero-order valence-corrected chi connectivity index (χ0v) is 14.0. The number of benzene rings is 1. The van der Waals surface area contributed by atoms with Crippen LogP contribution in [0.4, 0.5) is 0 Å². The predicted octanol–water partition coefficient (Wildman–Crippen LogP) is 0.591. The zero-order valence-electron chi connectivity index (χ0n) is 13.1. The molecule has 1 aliphatic heterocycles. The molecular weight excluding hydrogens is 316 g/mol. The Hall–Kier alpha value is -1.90. The number of sulfonamides is 1. The summed E-state index contributed by atoms with van der Waals surface area (Å²) in [6.45, 7) is 1.59. The lowest BCUT2D eigenvalue weighted by Crippen LogP contribution is -2.59. The predicted molar refractivity (Wildman–Crippen MR) is 85.6 cm³/mol. The van der Waals surface area contributed by atoms with Crippen LogP contribution >= 0.6 is 0 Å². The van der Waals surface area contributed by atoms with Crippen LogP contribution in [0, 0.1) is 0 Å². The highest BCUT2D eigenvalue weighted by molar-refractivity contribution is 7.89. The Morgan fingerprint density at radius 2 is 1.96 bits per heavy atom. The minimum absolute atomic E-state index is 0.157. The normalized spacial score (nSPS) is 16.3. The lowest BCUT2D eigenvalue weighted by molar-refractivity contribution is 0.225. The molecule has 124 valence electrons. The van der Waals surface area contributed by atoms with Gasteiger partial charge in [-0.15, -0.1) is 0 Å². The van der Waals surface area contributed by atoms with E-state index in [1.54, 1.807) is 36.1 Å². The third kappa shape index (κ3) is 3.39. The highest BCUT2D eigenvalue weighted by Crippen LogP contribution is 2.23. The molecule has 1 saturated heterocycles. The first-order chi connectivity index (χ1) is 11.0. The van der Waals surface area contributed by atoms with E-state index in [-0.39, 0.29) is 6.04 Å². The molecule has 0 amide bonds. The summed E-state index contributed by atoms with van der Waals surface area (Å²) in [4.78, 5) is 0.293. The number of aryl methyl sites for hydroxylation is 1. The lowest BCUT2D eigenvalue weighted by Gasteiger charge is -2.38. The van der Waals surface area contributed by atoms with Crippen LogP contribution < -0.4 is 10.1 Å². The van der Waals surface area contributed by atoms with Gasteiger partial charge in [0.05, 0.1) is 17.7 Å². The van der Waals surface area contributed by atoms with Crippen molar-refractivity contribution >= 4 is 10.0 Å². The fourth-order valence-electron chi connectivity index (χ4n) is 2.47. The van der Waals surface area contributed by atoms with Crippen molar-refractivity contribution in [2.45, 2.75) is 17.5 Å². The first-order valence-electron chi connectivity index (χ1n) is 7.35. The Labute approximate surface area is 135 Å². The van der Waals surface area contributed by atoms with Crippen LogP contribution in [-0.2, 0) is 23.6 Å². The molecule has 1 aromatic heterocycles. The van der Waals surface area contributed by atoms with E-state index in [9.17, 15) is 8.42 Å². The van der Waals surface area contributed by atoms with E-state index < -0.39 is 10.0 Å². The molecule has 1 aromatic carbocycles. The largest absolute Gasteiger partial charge is 0.497 e. The summed E-state index contributed by atoms with van der Waals surface area (Å²) < 4.78 is 33.2. The van der Waals surface area contributed by atoms with Crippen molar-refractivity contribution in [3.05, 3.63) is 42.2 Å². The standard InChI is InChI=1S/C15H20N4O3S/c1-18-8-7-12(17-18)9-16-13-10-19(11-13)23(20,21)15-5-3-14(22-2)4-6-15/h3-8,13,16H,9-11H2,1-2H3. The fourth-order valence-corrected chi connectivity index (χ4v) is 4.00.